The summed E-state index contributed by atoms with van der Waals surface area (Å²) in [5.74, 6) is 1.52. The van der Waals surface area contributed by atoms with E-state index in [1.807, 2.05) is 25.0 Å². The number of rotatable bonds is 11. The zero-order chi connectivity index (χ0) is 25.2. The van der Waals surface area contributed by atoms with Crippen LogP contribution < -0.4 is 10.6 Å². The first-order chi connectivity index (χ1) is 16.9. The third kappa shape index (κ3) is 7.20. The molecular weight excluding hydrogens is 442 g/mol. The number of carbonyl (C=O) groups is 1. The maximum atomic E-state index is 12.8. The van der Waals surface area contributed by atoms with E-state index in [4.69, 9.17) is 5.41 Å². The predicted molar refractivity (Wildman–Crippen MR) is 140 cm³/mol. The quantitative estimate of drug-likeness (QED) is 0.264. The number of hydrogen-bond acceptors (Lipinski definition) is 7. The summed E-state index contributed by atoms with van der Waals surface area (Å²) in [6.45, 7) is 9.43. The molecule has 9 nitrogen and oxygen atoms in total. The number of nitrogens with zero attached hydrogens (tertiary/aromatic N) is 4. The largest absolute Gasteiger partial charge is 0.374 e. The number of aliphatic imine (C=N–C) groups is 1. The van der Waals surface area contributed by atoms with Gasteiger partial charge in [0.2, 0.25) is 0 Å². The average Bonchev–Trinajstić information content (AvgIpc) is 3.53. The van der Waals surface area contributed by atoms with E-state index in [0.717, 1.165) is 37.0 Å². The second-order valence-corrected chi connectivity index (χ2v) is 8.33. The van der Waals surface area contributed by atoms with Crippen LogP contribution in [0.1, 0.15) is 29.5 Å². The van der Waals surface area contributed by atoms with E-state index in [9.17, 15) is 9.59 Å². The fourth-order valence-electron chi connectivity index (χ4n) is 3.69. The molecule has 0 bridgehead atoms. The lowest BCUT2D eigenvalue weighted by Crippen LogP contribution is -2.29. The molecule has 1 aromatic carbocycles. The van der Waals surface area contributed by atoms with Crippen molar-refractivity contribution >= 4 is 41.4 Å². The molecule has 0 unspecified atom stereocenters. The van der Waals surface area contributed by atoms with Gasteiger partial charge in [0.25, 0.3) is 5.91 Å². The molecule has 2 aromatic rings. The average molecular weight is 474 g/mol. The number of aromatic nitrogens is 2. The van der Waals surface area contributed by atoms with Gasteiger partial charge in [-0.3, -0.25) is 14.5 Å². The van der Waals surface area contributed by atoms with Gasteiger partial charge < -0.3 is 20.9 Å². The second-order valence-electron chi connectivity index (χ2n) is 8.33. The lowest BCUT2D eigenvalue weighted by Gasteiger charge is -2.16. The monoisotopic (exact) mass is 473 g/mol. The third-order valence-corrected chi connectivity index (χ3v) is 5.75. The molecule has 3 rings (SSSR count). The highest BCUT2D eigenvalue weighted by Gasteiger charge is 2.13. The molecule has 0 radical (unpaired) electrons. The van der Waals surface area contributed by atoms with Gasteiger partial charge in [-0.15, -0.1) is 0 Å². The zero-order valence-corrected chi connectivity index (χ0v) is 20.2. The number of anilines is 1. The van der Waals surface area contributed by atoms with E-state index in [-0.39, 0.29) is 5.57 Å². The highest BCUT2D eigenvalue weighted by atomic mass is 16.1. The summed E-state index contributed by atoms with van der Waals surface area (Å²) in [5.41, 5.74) is 3.73. The van der Waals surface area contributed by atoms with E-state index in [0.29, 0.717) is 29.2 Å². The second kappa shape index (κ2) is 12.4. The van der Waals surface area contributed by atoms with Crippen LogP contribution in [0.3, 0.4) is 0 Å². The van der Waals surface area contributed by atoms with Crippen LogP contribution in [0.2, 0.25) is 0 Å². The van der Waals surface area contributed by atoms with Crippen molar-refractivity contribution in [2.45, 2.75) is 19.8 Å². The van der Waals surface area contributed by atoms with Crippen molar-refractivity contribution in [2.75, 3.05) is 31.5 Å². The Balaban J connectivity index is 1.65. The van der Waals surface area contributed by atoms with Crippen LogP contribution in [0.4, 0.5) is 5.69 Å². The van der Waals surface area contributed by atoms with Crippen LogP contribution in [0.5, 0.6) is 0 Å². The SMILES string of the molecule is C=C(N=CC=C(C=N)C(=O)Nc1cc(C(=C=O)NCCN2CCCC2)ccc1C)c1cnn(C)c1. The molecule has 1 aromatic heterocycles. The van der Waals surface area contributed by atoms with Crippen molar-refractivity contribution in [3.8, 4) is 0 Å². The van der Waals surface area contributed by atoms with Gasteiger partial charge >= 0.3 is 0 Å². The van der Waals surface area contributed by atoms with Gasteiger partial charge in [0.15, 0.2) is 5.94 Å². The number of aryl methyl sites for hydroxylation is 2. The number of nitrogens with one attached hydrogen (secondary N) is 3. The van der Waals surface area contributed by atoms with E-state index in [2.05, 4.69) is 32.2 Å². The molecule has 1 aliphatic heterocycles. The number of likely N-dealkylation sites (tertiary alicyclic amines) is 1. The molecule has 1 saturated heterocycles. The minimum Gasteiger partial charge on any atom is -0.374 e. The van der Waals surface area contributed by atoms with E-state index < -0.39 is 5.91 Å². The maximum absolute atomic E-state index is 12.8. The Hall–Kier alpha value is -4.07. The van der Waals surface area contributed by atoms with Crippen molar-refractivity contribution in [3.05, 3.63) is 65.5 Å². The van der Waals surface area contributed by atoms with Gasteiger partial charge in [0, 0.05) is 55.6 Å². The standard InChI is InChI=1S/C26H31N7O2/c1-19-6-7-21(25(18-34)29-10-13-33-11-4-5-12-33)14-24(19)31-26(35)22(15-27)8-9-28-20(2)23-16-30-32(3)17-23/h6-9,14-17,27,29H,2,4-5,10-13H2,1,3H3,(H,31,35). The van der Waals surface area contributed by atoms with Crippen LogP contribution in [0.15, 0.2) is 53.8 Å². The third-order valence-electron chi connectivity index (χ3n) is 5.75. The molecule has 0 atom stereocenters. The maximum Gasteiger partial charge on any atom is 0.257 e. The zero-order valence-electron chi connectivity index (χ0n) is 20.2. The molecule has 2 heterocycles. The summed E-state index contributed by atoms with van der Waals surface area (Å²) in [6, 6.07) is 5.38. The van der Waals surface area contributed by atoms with Gasteiger partial charge in [0.05, 0.1) is 17.5 Å². The smallest absolute Gasteiger partial charge is 0.257 e. The summed E-state index contributed by atoms with van der Waals surface area (Å²) in [4.78, 5) is 30.9. The van der Waals surface area contributed by atoms with Crippen LogP contribution in [0.25, 0.3) is 11.4 Å². The molecule has 0 spiro atoms. The highest BCUT2D eigenvalue weighted by molar-refractivity contribution is 6.19. The minimum absolute atomic E-state index is 0.118. The molecule has 1 amide bonds. The predicted octanol–water partition coefficient (Wildman–Crippen LogP) is 2.84. The summed E-state index contributed by atoms with van der Waals surface area (Å²) < 4.78 is 1.65. The summed E-state index contributed by atoms with van der Waals surface area (Å²) >= 11 is 0. The van der Waals surface area contributed by atoms with Crippen molar-refractivity contribution in [3.63, 3.8) is 0 Å². The van der Waals surface area contributed by atoms with Crippen LogP contribution in [0, 0.1) is 12.3 Å². The number of carbonyl (C=O) groups excluding carboxylic acids is 2. The van der Waals surface area contributed by atoms with E-state index >= 15 is 0 Å². The van der Waals surface area contributed by atoms with Crippen molar-refractivity contribution < 1.29 is 9.59 Å². The van der Waals surface area contributed by atoms with Crippen LogP contribution in [-0.2, 0) is 16.6 Å². The Kier molecular flexibility index (Phi) is 9.06. The Morgan fingerprint density at radius 2 is 2.09 bits per heavy atom. The van der Waals surface area contributed by atoms with Gasteiger partial charge in [0.1, 0.15) is 5.70 Å². The number of benzene rings is 1. The first kappa shape index (κ1) is 25.6. The Bertz CT molecular complexity index is 1200. The van der Waals surface area contributed by atoms with Crippen molar-refractivity contribution in [1.29, 1.82) is 5.41 Å². The molecule has 9 heteroatoms. The molecule has 35 heavy (non-hydrogen) atoms. The summed E-state index contributed by atoms with van der Waals surface area (Å²) in [6.07, 6.45) is 9.70. The number of allylic oxidation sites excluding steroid dienone is 1. The van der Waals surface area contributed by atoms with Gasteiger partial charge in [-0.05, 0) is 50.6 Å². The van der Waals surface area contributed by atoms with E-state index in [1.165, 1.54) is 25.1 Å². The number of hydrogen-bond donors (Lipinski definition) is 3. The normalized spacial score (nSPS) is 14.1. The molecule has 0 saturated carbocycles. The lowest BCUT2D eigenvalue weighted by atomic mass is 10.1. The topological polar surface area (TPSA) is 115 Å². The minimum atomic E-state index is -0.461. The molecule has 1 fully saturated rings. The fourth-order valence-corrected chi connectivity index (χ4v) is 3.69. The molecular formula is C26H31N7O2. The summed E-state index contributed by atoms with van der Waals surface area (Å²) in [7, 11) is 1.80. The molecule has 3 N–H and O–H groups in total. The highest BCUT2D eigenvalue weighted by Crippen LogP contribution is 2.21. The van der Waals surface area contributed by atoms with Crippen LogP contribution in [-0.4, -0.2) is 65.1 Å². The molecule has 1 aliphatic rings. The van der Waals surface area contributed by atoms with Gasteiger partial charge in [-0.2, -0.15) is 5.10 Å². The Labute approximate surface area is 205 Å². The van der Waals surface area contributed by atoms with Crippen LogP contribution >= 0.6 is 0 Å². The Morgan fingerprint density at radius 3 is 2.74 bits per heavy atom. The molecule has 0 aliphatic carbocycles. The first-order valence-corrected chi connectivity index (χ1v) is 11.5. The van der Waals surface area contributed by atoms with Crippen molar-refractivity contribution in [2.24, 2.45) is 12.0 Å². The van der Waals surface area contributed by atoms with E-state index in [1.54, 1.807) is 30.2 Å². The fraction of sp³-hybridized carbons (Fsp3) is 0.308. The first-order valence-electron chi connectivity index (χ1n) is 11.5. The van der Waals surface area contributed by atoms with Gasteiger partial charge in [-0.25, -0.2) is 4.79 Å². The van der Waals surface area contributed by atoms with Gasteiger partial charge in [-0.1, -0.05) is 18.7 Å². The van der Waals surface area contributed by atoms with Crippen molar-refractivity contribution in [1.82, 2.24) is 20.0 Å². The Morgan fingerprint density at radius 1 is 1.31 bits per heavy atom. The molecule has 182 valence electrons. The summed E-state index contributed by atoms with van der Waals surface area (Å²) in [5, 5.41) is 17.7. The number of amides is 1. The lowest BCUT2D eigenvalue weighted by molar-refractivity contribution is -0.112.